The molecule has 0 bridgehead atoms. The molecule has 1 aromatic heterocycles. The minimum absolute atomic E-state index is 0.145. The second-order valence-electron chi connectivity index (χ2n) is 8.61. The second-order valence-corrected chi connectivity index (χ2v) is 9.47. The smallest absolute Gasteiger partial charge is 0.338 e. The number of fused-ring (bicyclic) bond motifs is 1. The minimum Gasteiger partial charge on any atom is -0.490 e. The lowest BCUT2D eigenvalue weighted by Gasteiger charge is -2.28. The fraction of sp³-hybridized carbons (Fsp3) is 0.214. The van der Waals surface area contributed by atoms with Crippen molar-refractivity contribution in [1.82, 2.24) is 20.2 Å². The van der Waals surface area contributed by atoms with Gasteiger partial charge in [0.1, 0.15) is 19.3 Å². The number of anilines is 1. The van der Waals surface area contributed by atoms with E-state index in [1.807, 2.05) is 79.7 Å². The van der Waals surface area contributed by atoms with Gasteiger partial charge in [-0.3, -0.25) is 0 Å². The van der Waals surface area contributed by atoms with E-state index in [1.165, 1.54) is 0 Å². The van der Waals surface area contributed by atoms with Crippen LogP contribution in [0.25, 0.3) is 0 Å². The van der Waals surface area contributed by atoms with E-state index in [4.69, 9.17) is 14.2 Å². The highest BCUT2D eigenvalue weighted by Crippen LogP contribution is 2.43. The van der Waals surface area contributed by atoms with Crippen molar-refractivity contribution in [3.05, 3.63) is 105 Å². The van der Waals surface area contributed by atoms with Gasteiger partial charge in [0.05, 0.1) is 16.7 Å². The summed E-state index contributed by atoms with van der Waals surface area (Å²) in [6.07, 6.45) is 0. The lowest BCUT2D eigenvalue weighted by molar-refractivity contribution is -0.140. The summed E-state index contributed by atoms with van der Waals surface area (Å²) in [7, 11) is 0. The highest BCUT2D eigenvalue weighted by Gasteiger charge is 2.36. The average Bonchev–Trinajstić information content (AvgIpc) is 3.39. The third-order valence-corrected chi connectivity index (χ3v) is 6.61. The number of benzene rings is 3. The fourth-order valence-corrected chi connectivity index (χ4v) is 4.84. The quantitative estimate of drug-likeness (QED) is 0.263. The number of halogens is 1. The summed E-state index contributed by atoms with van der Waals surface area (Å²) in [6.45, 7) is 4.66. The van der Waals surface area contributed by atoms with Crippen LogP contribution in [0.15, 0.2) is 88.5 Å². The van der Waals surface area contributed by atoms with Crippen LogP contribution < -0.4 is 14.8 Å². The Hall–Kier alpha value is -4.18. The van der Waals surface area contributed by atoms with Crippen molar-refractivity contribution in [2.75, 3.05) is 11.9 Å². The zero-order chi connectivity index (χ0) is 26.5. The lowest BCUT2D eigenvalue weighted by atomic mass is 9.95. The molecule has 10 heteroatoms. The van der Waals surface area contributed by atoms with Crippen LogP contribution in [0.5, 0.6) is 11.5 Å². The lowest BCUT2D eigenvalue weighted by Crippen LogP contribution is -2.29. The standard InChI is InChI=1S/C28H26BrN5O4/c1-3-36-23-15-21(14-22(29)26(23)37-16-19-10-6-4-7-11-19)25-24(18(2)30-28-31-32-33-34(25)28)27(35)38-17-20-12-8-5-9-13-20/h4-15,25H,3,16-17H2,1-2H3,(H,30,31,33). The molecule has 1 atom stereocenters. The van der Waals surface area contributed by atoms with Crippen molar-refractivity contribution < 1.29 is 19.0 Å². The van der Waals surface area contributed by atoms with E-state index in [9.17, 15) is 4.79 Å². The largest absolute Gasteiger partial charge is 0.490 e. The summed E-state index contributed by atoms with van der Waals surface area (Å²) in [5, 5.41) is 15.2. The molecule has 1 aliphatic rings. The molecule has 38 heavy (non-hydrogen) atoms. The summed E-state index contributed by atoms with van der Waals surface area (Å²) in [4.78, 5) is 13.4. The fourth-order valence-electron chi connectivity index (χ4n) is 4.26. The number of hydrogen-bond donors (Lipinski definition) is 1. The van der Waals surface area contributed by atoms with Gasteiger partial charge in [0, 0.05) is 5.70 Å². The van der Waals surface area contributed by atoms with E-state index in [1.54, 1.807) is 11.6 Å². The van der Waals surface area contributed by atoms with Gasteiger partial charge in [-0.15, -0.1) is 0 Å². The Kier molecular flexibility index (Phi) is 7.69. The average molecular weight is 576 g/mol. The van der Waals surface area contributed by atoms with Crippen molar-refractivity contribution in [2.45, 2.75) is 33.1 Å². The van der Waals surface area contributed by atoms with Gasteiger partial charge in [0.25, 0.3) is 0 Å². The summed E-state index contributed by atoms with van der Waals surface area (Å²) in [5.74, 6) is 1.06. The molecule has 0 fully saturated rings. The molecular weight excluding hydrogens is 550 g/mol. The number of carbonyl (C=O) groups is 1. The van der Waals surface area contributed by atoms with Crippen molar-refractivity contribution in [1.29, 1.82) is 0 Å². The molecule has 5 rings (SSSR count). The van der Waals surface area contributed by atoms with E-state index in [0.29, 0.717) is 46.4 Å². The third-order valence-electron chi connectivity index (χ3n) is 6.02. The number of aromatic nitrogens is 4. The Morgan fingerprint density at radius 3 is 2.37 bits per heavy atom. The van der Waals surface area contributed by atoms with Crippen LogP contribution in [-0.4, -0.2) is 32.8 Å². The van der Waals surface area contributed by atoms with Gasteiger partial charge < -0.3 is 19.5 Å². The number of nitrogens with one attached hydrogen (secondary N) is 1. The molecule has 1 unspecified atom stereocenters. The van der Waals surface area contributed by atoms with Gasteiger partial charge >= 0.3 is 5.97 Å². The molecular formula is C28H26BrN5O4. The van der Waals surface area contributed by atoms with Crippen LogP contribution >= 0.6 is 15.9 Å². The van der Waals surface area contributed by atoms with Crippen molar-refractivity contribution in [2.24, 2.45) is 0 Å². The molecule has 0 spiro atoms. The number of allylic oxidation sites excluding steroid dienone is 1. The van der Waals surface area contributed by atoms with Gasteiger partial charge in [-0.1, -0.05) is 65.8 Å². The Balaban J connectivity index is 1.49. The summed E-state index contributed by atoms with van der Waals surface area (Å²) in [5.41, 5.74) is 3.66. The number of ether oxygens (including phenoxy) is 3. The maximum Gasteiger partial charge on any atom is 0.338 e. The number of esters is 1. The van der Waals surface area contributed by atoms with Crippen LogP contribution in [0.2, 0.25) is 0 Å². The number of nitrogens with zero attached hydrogens (tertiary/aromatic N) is 4. The first-order valence-corrected chi connectivity index (χ1v) is 12.9. The van der Waals surface area contributed by atoms with Gasteiger partial charge in [-0.05, 0) is 69.0 Å². The molecule has 9 nitrogen and oxygen atoms in total. The molecule has 2 heterocycles. The Morgan fingerprint density at radius 2 is 1.68 bits per heavy atom. The predicted molar refractivity (Wildman–Crippen MR) is 145 cm³/mol. The summed E-state index contributed by atoms with van der Waals surface area (Å²) >= 11 is 3.66. The van der Waals surface area contributed by atoms with Gasteiger partial charge in [0.15, 0.2) is 11.5 Å². The van der Waals surface area contributed by atoms with E-state index < -0.39 is 12.0 Å². The minimum atomic E-state index is -0.650. The van der Waals surface area contributed by atoms with Crippen molar-refractivity contribution >= 4 is 27.8 Å². The maximum absolute atomic E-state index is 13.4. The highest BCUT2D eigenvalue weighted by molar-refractivity contribution is 9.10. The van der Waals surface area contributed by atoms with E-state index in [2.05, 4.69) is 36.8 Å². The summed E-state index contributed by atoms with van der Waals surface area (Å²) in [6, 6.07) is 22.5. The molecule has 1 aliphatic heterocycles. The zero-order valence-electron chi connectivity index (χ0n) is 20.9. The monoisotopic (exact) mass is 575 g/mol. The first kappa shape index (κ1) is 25.5. The topological polar surface area (TPSA) is 100 Å². The Labute approximate surface area is 228 Å². The molecule has 4 aromatic rings. The number of tetrazole rings is 1. The number of carbonyl (C=O) groups excluding carboxylic acids is 1. The van der Waals surface area contributed by atoms with Gasteiger partial charge in [-0.25, -0.2) is 4.79 Å². The molecule has 3 aromatic carbocycles. The van der Waals surface area contributed by atoms with E-state index >= 15 is 0 Å². The first-order valence-electron chi connectivity index (χ1n) is 12.1. The predicted octanol–water partition coefficient (Wildman–Crippen LogP) is 5.45. The molecule has 0 saturated carbocycles. The maximum atomic E-state index is 13.4. The molecule has 0 saturated heterocycles. The molecule has 1 N–H and O–H groups in total. The van der Waals surface area contributed by atoms with Crippen molar-refractivity contribution in [3.8, 4) is 11.5 Å². The zero-order valence-corrected chi connectivity index (χ0v) is 22.5. The van der Waals surface area contributed by atoms with E-state index in [0.717, 1.165) is 16.7 Å². The van der Waals surface area contributed by atoms with Crippen LogP contribution in [0.1, 0.15) is 36.6 Å². The Morgan fingerprint density at radius 1 is 1.00 bits per heavy atom. The summed E-state index contributed by atoms with van der Waals surface area (Å²) < 4.78 is 20.1. The van der Waals surface area contributed by atoms with Crippen LogP contribution in [0.3, 0.4) is 0 Å². The molecule has 194 valence electrons. The molecule has 0 radical (unpaired) electrons. The molecule has 0 amide bonds. The van der Waals surface area contributed by atoms with Crippen LogP contribution in [-0.2, 0) is 22.7 Å². The van der Waals surface area contributed by atoms with Crippen molar-refractivity contribution in [3.63, 3.8) is 0 Å². The van der Waals surface area contributed by atoms with E-state index in [-0.39, 0.29) is 6.61 Å². The highest BCUT2D eigenvalue weighted by atomic mass is 79.9. The van der Waals surface area contributed by atoms with Crippen LogP contribution in [0, 0.1) is 0 Å². The van der Waals surface area contributed by atoms with Crippen LogP contribution in [0.4, 0.5) is 5.95 Å². The SMILES string of the molecule is CCOc1cc(C2C(C(=O)OCc3ccccc3)=C(C)Nc3nnnn32)cc(Br)c1OCc1ccccc1. The van der Waals surface area contributed by atoms with Gasteiger partial charge in [-0.2, -0.15) is 4.68 Å². The third kappa shape index (κ3) is 5.40. The second kappa shape index (κ2) is 11.5. The number of rotatable bonds is 9. The Bertz CT molecular complexity index is 1460. The first-order chi connectivity index (χ1) is 18.5. The molecule has 0 aliphatic carbocycles. The number of hydrogen-bond acceptors (Lipinski definition) is 8. The van der Waals surface area contributed by atoms with Gasteiger partial charge in [0.2, 0.25) is 5.95 Å². The normalized spacial score (nSPS) is 14.4.